The Kier molecular flexibility index (Phi) is 6.13. The van der Waals surface area contributed by atoms with Crippen LogP contribution in [0.3, 0.4) is 0 Å². The van der Waals surface area contributed by atoms with Gasteiger partial charge in [0.15, 0.2) is 14.6 Å². The number of ether oxygens (including phenoxy) is 1. The molecule has 1 aromatic heterocycles. The van der Waals surface area contributed by atoms with Gasteiger partial charge in [-0.2, -0.15) is 4.39 Å². The molecule has 0 fully saturated rings. The van der Waals surface area contributed by atoms with Crippen LogP contribution in [0, 0.1) is 9.39 Å². The minimum absolute atomic E-state index is 0.0437. The summed E-state index contributed by atoms with van der Waals surface area (Å²) in [5.41, 5.74) is -0.855. The van der Waals surface area contributed by atoms with Crippen LogP contribution in [-0.4, -0.2) is 36.6 Å². The number of esters is 1. The Bertz CT molecular complexity index is 730. The molecule has 0 saturated heterocycles. The van der Waals surface area contributed by atoms with Crippen molar-refractivity contribution in [2.45, 2.75) is 31.6 Å². The monoisotopic (exact) mass is 445 g/mol. The maximum atomic E-state index is 13.6. The number of pyridine rings is 1. The molecule has 0 aliphatic carbocycles. The average molecular weight is 445 g/mol. The van der Waals surface area contributed by atoms with Gasteiger partial charge in [-0.25, -0.2) is 8.42 Å². The highest BCUT2D eigenvalue weighted by molar-refractivity contribution is 14.1. The van der Waals surface area contributed by atoms with E-state index in [1.54, 1.807) is 29.5 Å². The van der Waals surface area contributed by atoms with E-state index in [0.29, 0.717) is 0 Å². The highest BCUT2D eigenvalue weighted by Gasteiger charge is 2.44. The van der Waals surface area contributed by atoms with E-state index in [1.165, 1.54) is 19.2 Å². The molecular weight excluding hydrogens is 428 g/mol. The van der Waals surface area contributed by atoms with Crippen LogP contribution in [0.15, 0.2) is 17.1 Å². The Hall–Kier alpha value is -0.970. The van der Waals surface area contributed by atoms with Gasteiger partial charge < -0.3 is 9.30 Å². The molecule has 0 amide bonds. The number of sulfone groups is 1. The Morgan fingerprint density at radius 1 is 1.50 bits per heavy atom. The summed E-state index contributed by atoms with van der Waals surface area (Å²) in [4.78, 5) is 23.7. The van der Waals surface area contributed by atoms with E-state index >= 15 is 0 Å². The predicted molar refractivity (Wildman–Crippen MR) is 87.9 cm³/mol. The fraction of sp³-hybridized carbons (Fsp3) is 0.538. The number of hydrogen-bond donors (Lipinski definition) is 0. The van der Waals surface area contributed by atoms with Crippen LogP contribution < -0.4 is 5.56 Å². The zero-order valence-corrected chi connectivity index (χ0v) is 15.4. The van der Waals surface area contributed by atoms with Crippen molar-refractivity contribution in [1.82, 2.24) is 4.57 Å². The van der Waals surface area contributed by atoms with E-state index in [4.69, 9.17) is 4.74 Å². The second-order valence-electron chi connectivity index (χ2n) is 4.95. The van der Waals surface area contributed by atoms with Gasteiger partial charge in [0.1, 0.15) is 0 Å². The first-order chi connectivity index (χ1) is 10.0. The Balaban J connectivity index is 3.11. The quantitative estimate of drug-likeness (QED) is 0.488. The molecule has 0 unspecified atom stereocenters. The van der Waals surface area contributed by atoms with Crippen LogP contribution in [0.2, 0.25) is 0 Å². The molecule has 0 spiro atoms. The number of aromatic nitrogens is 1. The van der Waals surface area contributed by atoms with Crippen LogP contribution in [0.5, 0.6) is 0 Å². The maximum Gasteiger partial charge on any atom is 0.327 e. The van der Waals surface area contributed by atoms with Crippen LogP contribution in [-0.2, 0) is 25.9 Å². The molecule has 1 atom stereocenters. The summed E-state index contributed by atoms with van der Waals surface area (Å²) in [5.74, 6) is -1.78. The first kappa shape index (κ1) is 19.1. The maximum absolute atomic E-state index is 13.6. The summed E-state index contributed by atoms with van der Waals surface area (Å²) in [6.45, 7) is 2.74. The second kappa shape index (κ2) is 7.07. The number of carbonyl (C=O) groups excluding carboxylic acids is 1. The summed E-state index contributed by atoms with van der Waals surface area (Å²) in [7, 11) is -3.77. The molecule has 1 rings (SSSR count). The SMILES string of the molecule is CCOC(=O)[C@@](C)(CCn1ccc(I)c(F)c1=O)S(C)(=O)=O. The molecule has 0 aliphatic heterocycles. The molecule has 1 heterocycles. The zero-order valence-electron chi connectivity index (χ0n) is 12.4. The van der Waals surface area contributed by atoms with Crippen molar-refractivity contribution in [3.8, 4) is 0 Å². The lowest BCUT2D eigenvalue weighted by molar-refractivity contribution is -0.146. The largest absolute Gasteiger partial charge is 0.465 e. The molecule has 124 valence electrons. The van der Waals surface area contributed by atoms with Gasteiger partial charge in [0.05, 0.1) is 10.2 Å². The number of aryl methyl sites for hydroxylation is 1. The van der Waals surface area contributed by atoms with Crippen LogP contribution in [0.1, 0.15) is 20.3 Å². The van der Waals surface area contributed by atoms with E-state index in [-0.39, 0.29) is 23.1 Å². The molecule has 0 aliphatic rings. The van der Waals surface area contributed by atoms with Gasteiger partial charge in [-0.3, -0.25) is 9.59 Å². The van der Waals surface area contributed by atoms with E-state index in [9.17, 15) is 22.4 Å². The van der Waals surface area contributed by atoms with Crippen molar-refractivity contribution in [3.05, 3.63) is 32.0 Å². The van der Waals surface area contributed by atoms with Crippen molar-refractivity contribution in [2.75, 3.05) is 12.9 Å². The minimum atomic E-state index is -3.77. The molecule has 0 radical (unpaired) electrons. The third kappa shape index (κ3) is 3.86. The summed E-state index contributed by atoms with van der Waals surface area (Å²) in [6.07, 6.45) is 2.10. The molecule has 0 saturated carbocycles. The third-order valence-corrected chi connectivity index (χ3v) is 6.26. The lowest BCUT2D eigenvalue weighted by atomic mass is 10.1. The van der Waals surface area contributed by atoms with Gasteiger partial charge >= 0.3 is 5.97 Å². The molecule has 6 nitrogen and oxygen atoms in total. The van der Waals surface area contributed by atoms with Crippen LogP contribution in [0.4, 0.5) is 4.39 Å². The van der Waals surface area contributed by atoms with Crippen LogP contribution >= 0.6 is 22.6 Å². The Labute approximate surface area is 141 Å². The van der Waals surface area contributed by atoms with E-state index < -0.39 is 31.9 Å². The zero-order chi connectivity index (χ0) is 17.1. The number of rotatable bonds is 6. The van der Waals surface area contributed by atoms with Gasteiger partial charge in [0.2, 0.25) is 5.82 Å². The Morgan fingerprint density at radius 2 is 2.09 bits per heavy atom. The van der Waals surface area contributed by atoms with Gasteiger partial charge in [0.25, 0.3) is 5.56 Å². The van der Waals surface area contributed by atoms with E-state index in [1.807, 2.05) is 0 Å². The van der Waals surface area contributed by atoms with E-state index in [0.717, 1.165) is 10.8 Å². The van der Waals surface area contributed by atoms with Crippen molar-refractivity contribution >= 4 is 38.4 Å². The highest BCUT2D eigenvalue weighted by atomic mass is 127. The van der Waals surface area contributed by atoms with Crippen molar-refractivity contribution in [3.63, 3.8) is 0 Å². The smallest absolute Gasteiger partial charge is 0.327 e. The van der Waals surface area contributed by atoms with Crippen molar-refractivity contribution in [1.29, 1.82) is 0 Å². The second-order valence-corrected chi connectivity index (χ2v) is 8.56. The molecule has 1 aromatic rings. The lowest BCUT2D eigenvalue weighted by Gasteiger charge is -2.25. The lowest BCUT2D eigenvalue weighted by Crippen LogP contribution is -2.45. The third-order valence-electron chi connectivity index (χ3n) is 3.41. The molecule has 0 N–H and O–H groups in total. The molecule has 22 heavy (non-hydrogen) atoms. The summed E-state index contributed by atoms with van der Waals surface area (Å²) < 4.78 is 41.7. The summed E-state index contributed by atoms with van der Waals surface area (Å²) >= 11 is 1.69. The normalized spacial score (nSPS) is 14.4. The fourth-order valence-electron chi connectivity index (χ4n) is 1.76. The topological polar surface area (TPSA) is 82.4 Å². The molecule has 0 aromatic carbocycles. The van der Waals surface area contributed by atoms with Gasteiger partial charge in [-0.1, -0.05) is 0 Å². The molecular formula is C13H17FINO5S. The van der Waals surface area contributed by atoms with Crippen molar-refractivity contribution < 1.29 is 22.3 Å². The molecule has 0 bridgehead atoms. The number of halogens is 2. The first-order valence-corrected chi connectivity index (χ1v) is 9.43. The van der Waals surface area contributed by atoms with Crippen molar-refractivity contribution in [2.24, 2.45) is 0 Å². The molecule has 9 heteroatoms. The number of carbonyl (C=O) groups is 1. The first-order valence-electron chi connectivity index (χ1n) is 6.46. The number of nitrogens with zero attached hydrogens (tertiary/aromatic N) is 1. The van der Waals surface area contributed by atoms with Gasteiger partial charge in [0, 0.05) is 19.0 Å². The standard InChI is InChI=1S/C13H17FINO5S/c1-4-21-12(18)13(2,22(3,19)20)6-8-16-7-5-9(15)10(14)11(16)17/h5,7H,4,6,8H2,1-3H3/t13-/m1/s1. The van der Waals surface area contributed by atoms with Crippen LogP contribution in [0.25, 0.3) is 0 Å². The number of hydrogen-bond acceptors (Lipinski definition) is 5. The predicted octanol–water partition coefficient (Wildman–Crippen LogP) is 1.35. The summed E-state index contributed by atoms with van der Waals surface area (Å²) in [6, 6.07) is 1.40. The average Bonchev–Trinajstić information content (AvgIpc) is 2.42. The minimum Gasteiger partial charge on any atom is -0.465 e. The highest BCUT2D eigenvalue weighted by Crippen LogP contribution is 2.23. The van der Waals surface area contributed by atoms with Gasteiger partial charge in [-0.15, -0.1) is 0 Å². The van der Waals surface area contributed by atoms with Gasteiger partial charge in [-0.05, 0) is 48.9 Å². The fourth-order valence-corrected chi connectivity index (χ4v) is 2.97. The summed E-state index contributed by atoms with van der Waals surface area (Å²) in [5, 5.41) is 0. The Morgan fingerprint density at radius 3 is 2.59 bits per heavy atom. The van der Waals surface area contributed by atoms with E-state index in [2.05, 4.69) is 0 Å².